The maximum Gasteiger partial charge on any atom is 0.122 e. The molecule has 1 aromatic rings. The fourth-order valence-electron chi connectivity index (χ4n) is 5.97. The summed E-state index contributed by atoms with van der Waals surface area (Å²) in [4.78, 5) is 0. The Kier molecular flexibility index (Phi) is 3.74. The van der Waals surface area contributed by atoms with E-state index >= 15 is 0 Å². The van der Waals surface area contributed by atoms with E-state index in [0.717, 1.165) is 0 Å². The molecule has 3 aliphatic rings. The van der Waals surface area contributed by atoms with E-state index in [1.165, 1.54) is 74.5 Å². The zero-order chi connectivity index (χ0) is 16.2. The molecule has 1 aromatic carbocycles. The van der Waals surface area contributed by atoms with Gasteiger partial charge in [0.05, 0.1) is 0 Å². The second-order valence-electron chi connectivity index (χ2n) is 9.14. The average molecular weight is 312 g/mol. The molecule has 0 bridgehead atoms. The van der Waals surface area contributed by atoms with Crippen molar-refractivity contribution in [1.29, 1.82) is 0 Å². The summed E-state index contributed by atoms with van der Waals surface area (Å²) in [6, 6.07) is 2.42. The summed E-state index contributed by atoms with van der Waals surface area (Å²) in [5, 5.41) is 11.3. The summed E-state index contributed by atoms with van der Waals surface area (Å²) in [7, 11) is 0. The van der Waals surface area contributed by atoms with Crippen molar-refractivity contribution in [3.63, 3.8) is 0 Å². The monoisotopic (exact) mass is 312 g/mol. The molecule has 2 fully saturated rings. The second kappa shape index (κ2) is 5.53. The highest BCUT2D eigenvalue weighted by Gasteiger charge is 2.40. The van der Waals surface area contributed by atoms with Gasteiger partial charge in [-0.2, -0.15) is 0 Å². The third-order valence-electron chi connectivity index (χ3n) is 7.01. The van der Waals surface area contributed by atoms with Crippen LogP contribution in [-0.2, 0) is 5.41 Å². The van der Waals surface area contributed by atoms with Gasteiger partial charge in [0, 0.05) is 5.56 Å². The minimum Gasteiger partial charge on any atom is -0.507 e. The molecule has 3 aliphatic carbocycles. The summed E-state index contributed by atoms with van der Waals surface area (Å²) >= 11 is 0. The quantitative estimate of drug-likeness (QED) is 0.661. The molecular formula is C22H32O. The van der Waals surface area contributed by atoms with Gasteiger partial charge in [0.25, 0.3) is 0 Å². The van der Waals surface area contributed by atoms with E-state index in [2.05, 4.69) is 26.8 Å². The van der Waals surface area contributed by atoms with Gasteiger partial charge in [-0.3, -0.25) is 0 Å². The molecule has 1 atom stereocenters. The van der Waals surface area contributed by atoms with Gasteiger partial charge in [-0.1, -0.05) is 52.5 Å². The van der Waals surface area contributed by atoms with E-state index in [-0.39, 0.29) is 5.41 Å². The van der Waals surface area contributed by atoms with E-state index in [1.54, 1.807) is 5.56 Å². The summed E-state index contributed by atoms with van der Waals surface area (Å²) in [5.41, 5.74) is 6.03. The molecular weight excluding hydrogens is 280 g/mol. The van der Waals surface area contributed by atoms with E-state index < -0.39 is 0 Å². The number of phenolic OH excluding ortho intramolecular Hbond substituents is 1. The number of aromatic hydroxyl groups is 1. The molecule has 2 saturated carbocycles. The molecule has 1 unspecified atom stereocenters. The highest BCUT2D eigenvalue weighted by molar-refractivity contribution is 5.58. The normalized spacial score (nSPS) is 27.7. The Morgan fingerprint density at radius 1 is 0.913 bits per heavy atom. The molecule has 1 heteroatoms. The van der Waals surface area contributed by atoms with Crippen LogP contribution in [0.1, 0.15) is 119 Å². The van der Waals surface area contributed by atoms with Crippen LogP contribution in [0, 0.1) is 0 Å². The lowest BCUT2D eigenvalue weighted by atomic mass is 9.79. The van der Waals surface area contributed by atoms with Crippen molar-refractivity contribution in [3.8, 4) is 5.75 Å². The summed E-state index contributed by atoms with van der Waals surface area (Å²) in [5.74, 6) is 2.51. The lowest BCUT2D eigenvalue weighted by Crippen LogP contribution is -2.14. The molecule has 0 aliphatic heterocycles. The van der Waals surface area contributed by atoms with Gasteiger partial charge in [0.1, 0.15) is 5.75 Å². The number of phenols is 1. The Morgan fingerprint density at radius 2 is 1.48 bits per heavy atom. The summed E-state index contributed by atoms with van der Waals surface area (Å²) in [6.45, 7) is 7.19. The third kappa shape index (κ3) is 2.42. The Labute approximate surface area is 141 Å². The zero-order valence-corrected chi connectivity index (χ0v) is 15.1. The minimum absolute atomic E-state index is 0.267. The highest BCUT2D eigenvalue weighted by atomic mass is 16.3. The van der Waals surface area contributed by atoms with Gasteiger partial charge in [0.2, 0.25) is 0 Å². The van der Waals surface area contributed by atoms with Crippen LogP contribution in [-0.4, -0.2) is 5.11 Å². The third-order valence-corrected chi connectivity index (χ3v) is 7.01. The molecule has 126 valence electrons. The summed E-state index contributed by atoms with van der Waals surface area (Å²) in [6.07, 6.45) is 11.7. The first kappa shape index (κ1) is 15.5. The first-order chi connectivity index (χ1) is 11.0. The van der Waals surface area contributed by atoms with Gasteiger partial charge in [0.15, 0.2) is 0 Å². The molecule has 4 rings (SSSR count). The molecule has 0 heterocycles. The Balaban J connectivity index is 1.91. The van der Waals surface area contributed by atoms with Crippen molar-refractivity contribution < 1.29 is 5.11 Å². The number of fused-ring (bicyclic) bond motifs is 1. The lowest BCUT2D eigenvalue weighted by molar-refractivity contribution is 0.445. The molecule has 1 nitrogen and oxygen atoms in total. The predicted molar refractivity (Wildman–Crippen MR) is 96.6 cm³/mol. The number of hydrogen-bond donors (Lipinski definition) is 1. The van der Waals surface area contributed by atoms with E-state index in [9.17, 15) is 5.11 Å². The van der Waals surface area contributed by atoms with E-state index in [4.69, 9.17) is 0 Å². The van der Waals surface area contributed by atoms with Gasteiger partial charge in [-0.15, -0.1) is 0 Å². The van der Waals surface area contributed by atoms with Gasteiger partial charge < -0.3 is 5.11 Å². The fourth-order valence-corrected chi connectivity index (χ4v) is 5.97. The molecule has 0 aromatic heterocycles. The van der Waals surface area contributed by atoms with Crippen molar-refractivity contribution in [2.24, 2.45) is 0 Å². The van der Waals surface area contributed by atoms with Crippen LogP contribution in [0.4, 0.5) is 0 Å². The number of hydrogen-bond acceptors (Lipinski definition) is 1. The Morgan fingerprint density at radius 3 is 2.09 bits per heavy atom. The fraction of sp³-hybridized carbons (Fsp3) is 0.727. The average Bonchev–Trinajstić information content (AvgIpc) is 3.21. The topological polar surface area (TPSA) is 20.2 Å². The lowest BCUT2D eigenvalue weighted by Gasteiger charge is -2.26. The van der Waals surface area contributed by atoms with Gasteiger partial charge in [-0.25, -0.2) is 0 Å². The van der Waals surface area contributed by atoms with Crippen LogP contribution < -0.4 is 0 Å². The molecule has 0 saturated heterocycles. The minimum atomic E-state index is 0.267. The smallest absolute Gasteiger partial charge is 0.122 e. The molecule has 0 spiro atoms. The predicted octanol–water partition coefficient (Wildman–Crippen LogP) is 6.49. The SMILES string of the molecule is CC1CC(C)(C)c2cc(C3CCCC3)c(O)c(C3CCCC3)c21. The van der Waals surface area contributed by atoms with Gasteiger partial charge in [-0.05, 0) is 72.0 Å². The van der Waals surface area contributed by atoms with E-state index in [1.807, 2.05) is 0 Å². The Hall–Kier alpha value is -0.980. The zero-order valence-electron chi connectivity index (χ0n) is 15.1. The molecule has 1 N–H and O–H groups in total. The second-order valence-corrected chi connectivity index (χ2v) is 9.14. The molecule has 23 heavy (non-hydrogen) atoms. The Bertz CT molecular complexity index is 601. The number of rotatable bonds is 2. The number of benzene rings is 1. The van der Waals surface area contributed by atoms with Crippen molar-refractivity contribution in [3.05, 3.63) is 28.3 Å². The first-order valence-electron chi connectivity index (χ1n) is 9.89. The maximum absolute atomic E-state index is 11.3. The standard InChI is InChI=1S/C22H32O/c1-14-13-22(2,3)18-12-17(15-8-4-5-9-15)21(23)20(19(14)18)16-10-6-7-11-16/h12,14-16,23H,4-11,13H2,1-3H3. The van der Waals surface area contributed by atoms with Crippen LogP contribution in [0.2, 0.25) is 0 Å². The van der Waals surface area contributed by atoms with Crippen LogP contribution in [0.15, 0.2) is 6.07 Å². The molecule has 0 amide bonds. The van der Waals surface area contributed by atoms with Gasteiger partial charge >= 0.3 is 0 Å². The van der Waals surface area contributed by atoms with Crippen molar-refractivity contribution in [1.82, 2.24) is 0 Å². The van der Waals surface area contributed by atoms with Crippen molar-refractivity contribution >= 4 is 0 Å². The largest absolute Gasteiger partial charge is 0.507 e. The molecule has 0 radical (unpaired) electrons. The first-order valence-corrected chi connectivity index (χ1v) is 9.89. The van der Waals surface area contributed by atoms with Crippen LogP contribution in [0.25, 0.3) is 0 Å². The van der Waals surface area contributed by atoms with Crippen LogP contribution >= 0.6 is 0 Å². The van der Waals surface area contributed by atoms with Crippen molar-refractivity contribution in [2.45, 2.75) is 102 Å². The van der Waals surface area contributed by atoms with E-state index in [0.29, 0.717) is 23.5 Å². The maximum atomic E-state index is 11.3. The summed E-state index contributed by atoms with van der Waals surface area (Å²) < 4.78 is 0. The van der Waals surface area contributed by atoms with Crippen LogP contribution in [0.3, 0.4) is 0 Å². The van der Waals surface area contributed by atoms with Crippen molar-refractivity contribution in [2.75, 3.05) is 0 Å². The highest BCUT2D eigenvalue weighted by Crippen LogP contribution is 2.55. The van der Waals surface area contributed by atoms with Crippen LogP contribution in [0.5, 0.6) is 5.75 Å².